The molecular weight excluding hydrogens is 252 g/mol. The summed E-state index contributed by atoms with van der Waals surface area (Å²) in [4.78, 5) is 3.92. The lowest BCUT2D eigenvalue weighted by Gasteiger charge is -2.23. The molecule has 0 bridgehead atoms. The maximum absolute atomic E-state index is 12.2. The second-order valence-electron chi connectivity index (χ2n) is 3.90. The zero-order valence-corrected chi connectivity index (χ0v) is 10.9. The van der Waals surface area contributed by atoms with Crippen molar-refractivity contribution in [1.82, 2.24) is 19.5 Å². The van der Waals surface area contributed by atoms with Crippen LogP contribution in [0.1, 0.15) is 18.5 Å². The summed E-state index contributed by atoms with van der Waals surface area (Å²) in [5.74, 6) is 0. The molecule has 1 N–H and O–H groups in total. The van der Waals surface area contributed by atoms with E-state index < -0.39 is 10.0 Å². The molecule has 1 unspecified atom stereocenters. The zero-order valence-electron chi connectivity index (χ0n) is 10.1. The van der Waals surface area contributed by atoms with Crippen molar-refractivity contribution in [3.05, 3.63) is 42.4 Å². The van der Waals surface area contributed by atoms with Crippen LogP contribution in [0, 0.1) is 0 Å². The molecule has 6 nitrogen and oxygen atoms in total. The summed E-state index contributed by atoms with van der Waals surface area (Å²) < 4.78 is 25.8. The lowest BCUT2D eigenvalue weighted by atomic mass is 10.1. The van der Waals surface area contributed by atoms with E-state index in [1.807, 2.05) is 6.92 Å². The highest BCUT2D eigenvalue weighted by Crippen LogP contribution is 2.23. The number of rotatable bonds is 4. The van der Waals surface area contributed by atoms with Gasteiger partial charge in [-0.1, -0.05) is 0 Å². The van der Waals surface area contributed by atoms with Gasteiger partial charge >= 0.3 is 0 Å². The number of H-pyrrole nitrogens is 1. The fraction of sp³-hybridized carbons (Fsp3) is 0.273. The highest BCUT2D eigenvalue weighted by Gasteiger charge is 2.27. The van der Waals surface area contributed by atoms with Gasteiger partial charge in [0.2, 0.25) is 0 Å². The Morgan fingerprint density at radius 2 is 1.89 bits per heavy atom. The van der Waals surface area contributed by atoms with Crippen LogP contribution >= 0.6 is 0 Å². The Morgan fingerprint density at radius 3 is 2.44 bits per heavy atom. The van der Waals surface area contributed by atoms with Gasteiger partial charge in [-0.2, -0.15) is 9.40 Å². The monoisotopic (exact) mass is 266 g/mol. The lowest BCUT2D eigenvalue weighted by Crippen LogP contribution is -2.30. The first-order valence-corrected chi connectivity index (χ1v) is 6.85. The van der Waals surface area contributed by atoms with E-state index in [1.54, 1.807) is 31.6 Å². The molecule has 0 saturated heterocycles. The first-order valence-electron chi connectivity index (χ1n) is 5.41. The molecule has 0 aliphatic rings. The normalized spacial score (nSPS) is 13.7. The summed E-state index contributed by atoms with van der Waals surface area (Å²) in [6, 6.07) is 4.75. The molecule has 0 aliphatic carbocycles. The van der Waals surface area contributed by atoms with Gasteiger partial charge in [0, 0.05) is 25.5 Å². The van der Waals surface area contributed by atoms with Crippen LogP contribution in [0.5, 0.6) is 0 Å². The molecule has 0 saturated carbocycles. The summed E-state index contributed by atoms with van der Waals surface area (Å²) in [6.07, 6.45) is 4.70. The molecule has 96 valence electrons. The van der Waals surface area contributed by atoms with Crippen molar-refractivity contribution in [3.63, 3.8) is 0 Å². The summed E-state index contributed by atoms with van der Waals surface area (Å²) in [6.45, 7) is 1.82. The quantitative estimate of drug-likeness (QED) is 0.901. The standard InChI is InChI=1S/C11H14N4O2S/c1-9(10-3-6-12-7-4-10)15(2)18(16,17)11-5-8-13-14-11/h3-9H,1-2H3,(H,13,14). The maximum atomic E-state index is 12.2. The van der Waals surface area contributed by atoms with Crippen molar-refractivity contribution in [3.8, 4) is 0 Å². The van der Waals surface area contributed by atoms with Crippen LogP contribution in [0.15, 0.2) is 41.8 Å². The number of nitrogens with zero attached hydrogens (tertiary/aromatic N) is 3. The number of hydrogen-bond acceptors (Lipinski definition) is 4. The number of pyridine rings is 1. The first kappa shape index (κ1) is 12.7. The minimum absolute atomic E-state index is 0.0888. The highest BCUT2D eigenvalue weighted by atomic mass is 32.2. The summed E-state index contributed by atoms with van der Waals surface area (Å²) in [5.41, 5.74) is 0.885. The minimum Gasteiger partial charge on any atom is -0.266 e. The second kappa shape index (κ2) is 4.87. The molecule has 0 aromatic carbocycles. The Balaban J connectivity index is 2.30. The Bertz CT molecular complexity index is 595. The Morgan fingerprint density at radius 1 is 1.22 bits per heavy atom. The molecule has 2 aromatic rings. The van der Waals surface area contributed by atoms with Gasteiger partial charge in [-0.15, -0.1) is 0 Å². The average molecular weight is 266 g/mol. The molecule has 0 aliphatic heterocycles. The van der Waals surface area contributed by atoms with E-state index in [1.165, 1.54) is 16.6 Å². The second-order valence-corrected chi connectivity index (χ2v) is 5.86. The first-order chi connectivity index (χ1) is 8.53. The summed E-state index contributed by atoms with van der Waals surface area (Å²) >= 11 is 0. The van der Waals surface area contributed by atoms with Crippen LogP contribution in [0.25, 0.3) is 0 Å². The number of aromatic nitrogens is 3. The molecule has 0 fully saturated rings. The van der Waals surface area contributed by atoms with E-state index in [0.717, 1.165) is 5.56 Å². The molecule has 0 spiro atoms. The molecule has 1 atom stereocenters. The van der Waals surface area contributed by atoms with Crippen LogP contribution < -0.4 is 0 Å². The maximum Gasteiger partial charge on any atom is 0.260 e. The van der Waals surface area contributed by atoms with Gasteiger partial charge in [0.15, 0.2) is 5.03 Å². The molecular formula is C11H14N4O2S. The van der Waals surface area contributed by atoms with Crippen LogP contribution in [-0.2, 0) is 10.0 Å². The van der Waals surface area contributed by atoms with Gasteiger partial charge in [-0.3, -0.25) is 10.1 Å². The van der Waals surface area contributed by atoms with Gasteiger partial charge < -0.3 is 0 Å². The smallest absolute Gasteiger partial charge is 0.260 e. The predicted octanol–water partition coefficient (Wildman–Crippen LogP) is 1.19. The minimum atomic E-state index is -3.55. The number of nitrogens with one attached hydrogen (secondary N) is 1. The third kappa shape index (κ3) is 2.27. The highest BCUT2D eigenvalue weighted by molar-refractivity contribution is 7.89. The van der Waals surface area contributed by atoms with E-state index in [9.17, 15) is 8.42 Å². The number of hydrogen-bond donors (Lipinski definition) is 1. The summed E-state index contributed by atoms with van der Waals surface area (Å²) in [5, 5.41) is 6.22. The molecule has 0 radical (unpaired) electrons. The van der Waals surface area contributed by atoms with Crippen molar-refractivity contribution in [2.24, 2.45) is 0 Å². The van der Waals surface area contributed by atoms with Crippen molar-refractivity contribution >= 4 is 10.0 Å². The van der Waals surface area contributed by atoms with Gasteiger partial charge in [0.05, 0.1) is 6.20 Å². The molecule has 2 heterocycles. The number of aromatic amines is 1. The third-order valence-electron chi connectivity index (χ3n) is 2.87. The molecule has 7 heteroatoms. The van der Waals surface area contributed by atoms with E-state index >= 15 is 0 Å². The van der Waals surface area contributed by atoms with Gasteiger partial charge in [-0.25, -0.2) is 8.42 Å². The average Bonchev–Trinajstić information content (AvgIpc) is 2.92. The predicted molar refractivity (Wildman–Crippen MR) is 66.2 cm³/mol. The van der Waals surface area contributed by atoms with E-state index in [2.05, 4.69) is 15.2 Å². The van der Waals surface area contributed by atoms with Gasteiger partial charge in [-0.05, 0) is 30.7 Å². The van der Waals surface area contributed by atoms with Crippen LogP contribution in [-0.4, -0.2) is 35.0 Å². The Kier molecular flexibility index (Phi) is 3.44. The fourth-order valence-electron chi connectivity index (χ4n) is 1.60. The Labute approximate surface area is 106 Å². The molecule has 0 amide bonds. The van der Waals surface area contributed by atoms with Crippen LogP contribution in [0.3, 0.4) is 0 Å². The Hall–Kier alpha value is -1.73. The van der Waals surface area contributed by atoms with Gasteiger partial charge in [0.1, 0.15) is 0 Å². The molecule has 2 rings (SSSR count). The summed E-state index contributed by atoms with van der Waals surface area (Å²) in [7, 11) is -2.01. The van der Waals surface area contributed by atoms with Crippen LogP contribution in [0.2, 0.25) is 0 Å². The third-order valence-corrected chi connectivity index (χ3v) is 4.72. The van der Waals surface area contributed by atoms with Crippen molar-refractivity contribution in [1.29, 1.82) is 0 Å². The van der Waals surface area contributed by atoms with E-state index in [4.69, 9.17) is 0 Å². The van der Waals surface area contributed by atoms with Gasteiger partial charge in [0.25, 0.3) is 10.0 Å². The van der Waals surface area contributed by atoms with E-state index in [0.29, 0.717) is 0 Å². The largest absolute Gasteiger partial charge is 0.266 e. The van der Waals surface area contributed by atoms with Crippen molar-refractivity contribution < 1.29 is 8.42 Å². The lowest BCUT2D eigenvalue weighted by molar-refractivity contribution is 0.396. The number of sulfonamides is 1. The fourth-order valence-corrected chi connectivity index (χ4v) is 2.85. The molecule has 18 heavy (non-hydrogen) atoms. The van der Waals surface area contributed by atoms with Crippen molar-refractivity contribution in [2.45, 2.75) is 18.0 Å². The zero-order chi connectivity index (χ0) is 13.2. The van der Waals surface area contributed by atoms with Crippen LogP contribution in [0.4, 0.5) is 0 Å². The topological polar surface area (TPSA) is 79.0 Å². The van der Waals surface area contributed by atoms with Crippen molar-refractivity contribution in [2.75, 3.05) is 7.05 Å². The van der Waals surface area contributed by atoms with E-state index in [-0.39, 0.29) is 11.1 Å². The molecule has 2 aromatic heterocycles. The SMILES string of the molecule is CC(c1ccncc1)N(C)S(=O)(=O)c1ccn[nH]1.